The molecule has 2 aromatic carbocycles. The van der Waals surface area contributed by atoms with Gasteiger partial charge in [-0.1, -0.05) is 37.5 Å². The zero-order valence-corrected chi connectivity index (χ0v) is 15.5. The highest BCUT2D eigenvalue weighted by Crippen LogP contribution is 2.18. The number of unbranched alkanes of at least 4 members (excludes halogenated alkanes) is 1. The number of hydrogen-bond donors (Lipinski definition) is 2. The van der Waals surface area contributed by atoms with E-state index in [1.807, 2.05) is 12.1 Å². The van der Waals surface area contributed by atoms with E-state index in [1.165, 1.54) is 29.8 Å². The summed E-state index contributed by atoms with van der Waals surface area (Å²) in [6.07, 6.45) is 8.28. The molecule has 136 valence electrons. The van der Waals surface area contributed by atoms with E-state index >= 15 is 0 Å². The molecule has 0 aromatic heterocycles. The lowest BCUT2D eigenvalue weighted by Gasteiger charge is -2.10. The molecule has 0 aliphatic carbocycles. The van der Waals surface area contributed by atoms with E-state index in [0.717, 1.165) is 19.3 Å². The Morgan fingerprint density at radius 1 is 1.15 bits per heavy atom. The van der Waals surface area contributed by atoms with Crippen molar-refractivity contribution in [3.63, 3.8) is 0 Å². The zero-order chi connectivity index (χ0) is 19.0. The van der Waals surface area contributed by atoms with Gasteiger partial charge in [-0.3, -0.25) is 9.52 Å². The summed E-state index contributed by atoms with van der Waals surface area (Å²) in [4.78, 5) is 12.0. The maximum absolute atomic E-state index is 12.6. The standard InChI is InChI=1S/C20H22N2O3S/c1-3-5-7-16-10-12-18(13-11-16)22-26(24,25)19-9-6-8-17(15-19)20(23)21-14-4-2/h2,6,8-13,15,22H,3,5,7,14H2,1H3,(H,21,23). The SMILES string of the molecule is C#CCNC(=O)c1cccc(S(=O)(=O)Nc2ccc(CCCC)cc2)c1. The number of sulfonamides is 1. The largest absolute Gasteiger partial charge is 0.341 e. The van der Waals surface area contributed by atoms with E-state index in [0.29, 0.717) is 5.69 Å². The molecule has 0 bridgehead atoms. The number of hydrogen-bond acceptors (Lipinski definition) is 3. The van der Waals surface area contributed by atoms with Gasteiger partial charge in [-0.15, -0.1) is 6.42 Å². The van der Waals surface area contributed by atoms with Gasteiger partial charge in [0, 0.05) is 11.3 Å². The smallest absolute Gasteiger partial charge is 0.261 e. The Kier molecular flexibility index (Phi) is 6.81. The van der Waals surface area contributed by atoms with E-state index in [2.05, 4.69) is 22.9 Å². The Hall–Kier alpha value is -2.78. The van der Waals surface area contributed by atoms with Gasteiger partial charge in [-0.05, 0) is 48.7 Å². The average molecular weight is 370 g/mol. The third kappa shape index (κ3) is 5.36. The highest BCUT2D eigenvalue weighted by molar-refractivity contribution is 7.92. The molecule has 0 heterocycles. The molecule has 0 aliphatic heterocycles. The summed E-state index contributed by atoms with van der Waals surface area (Å²) < 4.78 is 27.7. The van der Waals surface area contributed by atoms with Gasteiger partial charge in [0.05, 0.1) is 11.4 Å². The molecule has 0 radical (unpaired) electrons. The number of aryl methyl sites for hydroxylation is 1. The van der Waals surface area contributed by atoms with Crippen molar-refractivity contribution < 1.29 is 13.2 Å². The van der Waals surface area contributed by atoms with Gasteiger partial charge >= 0.3 is 0 Å². The normalized spacial score (nSPS) is 10.8. The number of anilines is 1. The van der Waals surface area contributed by atoms with Crippen molar-refractivity contribution in [2.75, 3.05) is 11.3 Å². The second-order valence-electron chi connectivity index (χ2n) is 5.82. The van der Waals surface area contributed by atoms with Crippen molar-refractivity contribution in [2.45, 2.75) is 31.1 Å². The molecule has 0 saturated heterocycles. The predicted octanol–water partition coefficient (Wildman–Crippen LogP) is 3.19. The van der Waals surface area contributed by atoms with Gasteiger partial charge in [-0.2, -0.15) is 0 Å². The fourth-order valence-corrected chi connectivity index (χ4v) is 3.48. The maximum atomic E-state index is 12.6. The first-order valence-corrected chi connectivity index (χ1v) is 9.88. The van der Waals surface area contributed by atoms with Crippen LogP contribution >= 0.6 is 0 Å². The summed E-state index contributed by atoms with van der Waals surface area (Å²) in [5.41, 5.74) is 1.88. The van der Waals surface area contributed by atoms with Crippen LogP contribution in [0.25, 0.3) is 0 Å². The second kappa shape index (κ2) is 9.07. The van der Waals surface area contributed by atoms with Crippen LogP contribution < -0.4 is 10.0 Å². The molecule has 2 rings (SSSR count). The van der Waals surface area contributed by atoms with Crippen molar-refractivity contribution in [3.05, 3.63) is 59.7 Å². The monoisotopic (exact) mass is 370 g/mol. The van der Waals surface area contributed by atoms with Crippen molar-refractivity contribution in [2.24, 2.45) is 0 Å². The molecule has 2 N–H and O–H groups in total. The number of benzene rings is 2. The number of terminal acetylenes is 1. The van der Waals surface area contributed by atoms with Crippen LogP contribution in [0.2, 0.25) is 0 Å². The lowest BCUT2D eigenvalue weighted by Crippen LogP contribution is -2.24. The highest BCUT2D eigenvalue weighted by atomic mass is 32.2. The first-order valence-electron chi connectivity index (χ1n) is 8.39. The predicted molar refractivity (Wildman–Crippen MR) is 103 cm³/mol. The fourth-order valence-electron chi connectivity index (χ4n) is 2.37. The van der Waals surface area contributed by atoms with Gasteiger partial charge in [0.2, 0.25) is 0 Å². The molecule has 0 unspecified atom stereocenters. The van der Waals surface area contributed by atoms with Gasteiger partial charge in [-0.25, -0.2) is 8.42 Å². The van der Waals surface area contributed by atoms with Crippen LogP contribution in [0, 0.1) is 12.3 Å². The van der Waals surface area contributed by atoms with Crippen LogP contribution in [0.5, 0.6) is 0 Å². The van der Waals surface area contributed by atoms with Crippen LogP contribution in [0.15, 0.2) is 53.4 Å². The molecule has 0 saturated carbocycles. The summed E-state index contributed by atoms with van der Waals surface area (Å²) in [7, 11) is -3.79. The second-order valence-corrected chi connectivity index (χ2v) is 7.50. The van der Waals surface area contributed by atoms with E-state index in [4.69, 9.17) is 6.42 Å². The Morgan fingerprint density at radius 2 is 1.88 bits per heavy atom. The fraction of sp³-hybridized carbons (Fsp3) is 0.250. The first-order chi connectivity index (χ1) is 12.5. The van der Waals surface area contributed by atoms with Crippen LogP contribution in [0.4, 0.5) is 5.69 Å². The number of rotatable bonds is 8. The van der Waals surface area contributed by atoms with E-state index in [9.17, 15) is 13.2 Å². The van der Waals surface area contributed by atoms with Crippen molar-refractivity contribution in [1.82, 2.24) is 5.32 Å². The summed E-state index contributed by atoms with van der Waals surface area (Å²) in [6, 6.07) is 13.1. The summed E-state index contributed by atoms with van der Waals surface area (Å²) in [5, 5.41) is 2.51. The first kappa shape index (κ1) is 19.5. The minimum atomic E-state index is -3.79. The van der Waals surface area contributed by atoms with Crippen molar-refractivity contribution in [3.8, 4) is 12.3 Å². The molecule has 26 heavy (non-hydrogen) atoms. The molecule has 6 heteroatoms. The highest BCUT2D eigenvalue weighted by Gasteiger charge is 2.16. The number of carbonyl (C=O) groups excluding carboxylic acids is 1. The van der Waals surface area contributed by atoms with Crippen LogP contribution in [-0.4, -0.2) is 20.9 Å². The van der Waals surface area contributed by atoms with Gasteiger partial charge < -0.3 is 5.32 Å². The molecular formula is C20H22N2O3S. The molecule has 0 spiro atoms. The third-order valence-electron chi connectivity index (χ3n) is 3.78. The molecule has 5 nitrogen and oxygen atoms in total. The summed E-state index contributed by atoms with van der Waals surface area (Å²) in [6.45, 7) is 2.21. The quantitative estimate of drug-likeness (QED) is 0.701. The molecule has 0 atom stereocenters. The average Bonchev–Trinajstić information content (AvgIpc) is 2.65. The number of carbonyl (C=O) groups is 1. The third-order valence-corrected chi connectivity index (χ3v) is 5.16. The molecule has 2 aromatic rings. The topological polar surface area (TPSA) is 75.3 Å². The zero-order valence-electron chi connectivity index (χ0n) is 14.7. The van der Waals surface area contributed by atoms with Crippen LogP contribution in [0.1, 0.15) is 35.7 Å². The lowest BCUT2D eigenvalue weighted by molar-refractivity contribution is 0.0958. The Bertz CT molecular complexity index is 897. The van der Waals surface area contributed by atoms with Gasteiger partial charge in [0.15, 0.2) is 0 Å². The van der Waals surface area contributed by atoms with Crippen molar-refractivity contribution in [1.29, 1.82) is 0 Å². The molecule has 0 aliphatic rings. The number of amides is 1. The van der Waals surface area contributed by atoms with E-state index < -0.39 is 15.9 Å². The summed E-state index contributed by atoms with van der Waals surface area (Å²) in [5.74, 6) is 1.88. The minimum Gasteiger partial charge on any atom is -0.341 e. The maximum Gasteiger partial charge on any atom is 0.261 e. The molecule has 1 amide bonds. The lowest BCUT2D eigenvalue weighted by atomic mass is 10.1. The van der Waals surface area contributed by atoms with Crippen LogP contribution in [-0.2, 0) is 16.4 Å². The molecular weight excluding hydrogens is 348 g/mol. The minimum absolute atomic E-state index is 0.0147. The Morgan fingerprint density at radius 3 is 2.54 bits per heavy atom. The van der Waals surface area contributed by atoms with Crippen LogP contribution in [0.3, 0.4) is 0 Å². The number of nitrogens with one attached hydrogen (secondary N) is 2. The van der Waals surface area contributed by atoms with Crippen molar-refractivity contribution >= 4 is 21.6 Å². The van der Waals surface area contributed by atoms with E-state index in [-0.39, 0.29) is 17.0 Å². The van der Waals surface area contributed by atoms with Gasteiger partial charge in [0.25, 0.3) is 15.9 Å². The Labute approximate surface area is 154 Å². The summed E-state index contributed by atoms with van der Waals surface area (Å²) >= 11 is 0. The van der Waals surface area contributed by atoms with E-state index in [1.54, 1.807) is 12.1 Å². The van der Waals surface area contributed by atoms with Gasteiger partial charge in [0.1, 0.15) is 0 Å². The molecule has 0 fully saturated rings. The Balaban J connectivity index is 2.14.